The molecule has 0 fully saturated rings. The fraction of sp³-hybridized carbons (Fsp3) is 0.0769. The van der Waals surface area contributed by atoms with Crippen molar-refractivity contribution >= 4 is 34.6 Å². The highest BCUT2D eigenvalue weighted by Gasteiger charge is 2.04. The average Bonchev–Trinajstić information content (AvgIpc) is 2.35. The summed E-state index contributed by atoms with van der Waals surface area (Å²) < 4.78 is 5.15. The second kappa shape index (κ2) is 5.30. The van der Waals surface area contributed by atoms with E-state index in [9.17, 15) is 0 Å². The molecule has 2 nitrogen and oxygen atoms in total. The van der Waals surface area contributed by atoms with E-state index in [1.165, 1.54) is 0 Å². The summed E-state index contributed by atoms with van der Waals surface area (Å²) in [4.78, 5) is 0. The number of hydrogen-bond acceptors (Lipinski definition) is 2. The van der Waals surface area contributed by atoms with Crippen LogP contribution in [0.15, 0.2) is 42.5 Å². The molecule has 0 atom stereocenters. The van der Waals surface area contributed by atoms with Crippen molar-refractivity contribution in [1.29, 1.82) is 0 Å². The Kier molecular flexibility index (Phi) is 3.77. The van der Waals surface area contributed by atoms with E-state index in [1.807, 2.05) is 36.4 Å². The molecule has 88 valence electrons. The molecule has 17 heavy (non-hydrogen) atoms. The minimum absolute atomic E-state index is 0.511. The number of rotatable bonds is 3. The highest BCUT2D eigenvalue weighted by Crippen LogP contribution is 2.32. The molecule has 0 aliphatic heterocycles. The molecule has 0 spiro atoms. The van der Waals surface area contributed by atoms with Crippen molar-refractivity contribution in [3.63, 3.8) is 0 Å². The fourth-order valence-electron chi connectivity index (χ4n) is 1.46. The van der Waals surface area contributed by atoms with Crippen molar-refractivity contribution in [2.24, 2.45) is 0 Å². The zero-order valence-corrected chi connectivity index (χ0v) is 10.7. The second-order valence-corrected chi connectivity index (χ2v) is 4.24. The van der Waals surface area contributed by atoms with Crippen LogP contribution >= 0.6 is 23.2 Å². The molecule has 2 rings (SSSR count). The van der Waals surface area contributed by atoms with Crippen LogP contribution in [0.4, 0.5) is 11.4 Å². The number of methoxy groups -OCH3 is 1. The largest absolute Gasteiger partial charge is 0.497 e. The minimum atomic E-state index is 0.511. The molecule has 0 amide bonds. The van der Waals surface area contributed by atoms with Crippen LogP contribution in [0.3, 0.4) is 0 Å². The Morgan fingerprint density at radius 1 is 1.06 bits per heavy atom. The molecule has 4 heteroatoms. The van der Waals surface area contributed by atoms with Crippen molar-refractivity contribution < 1.29 is 4.74 Å². The van der Waals surface area contributed by atoms with E-state index in [4.69, 9.17) is 27.9 Å². The first-order valence-corrected chi connectivity index (χ1v) is 5.81. The van der Waals surface area contributed by atoms with Gasteiger partial charge in [0.2, 0.25) is 0 Å². The van der Waals surface area contributed by atoms with Gasteiger partial charge >= 0.3 is 0 Å². The Morgan fingerprint density at radius 2 is 1.82 bits per heavy atom. The number of hydrogen-bond donors (Lipinski definition) is 1. The van der Waals surface area contributed by atoms with Gasteiger partial charge < -0.3 is 10.1 Å². The van der Waals surface area contributed by atoms with Gasteiger partial charge in [0.15, 0.2) is 0 Å². The van der Waals surface area contributed by atoms with Crippen LogP contribution in [0, 0.1) is 0 Å². The van der Waals surface area contributed by atoms with Crippen LogP contribution in [0.2, 0.25) is 10.0 Å². The summed E-state index contributed by atoms with van der Waals surface area (Å²) in [5, 5.41) is 4.23. The molecule has 0 aliphatic carbocycles. The quantitative estimate of drug-likeness (QED) is 0.867. The molecule has 0 radical (unpaired) electrons. The normalized spacial score (nSPS) is 10.1. The highest BCUT2D eigenvalue weighted by atomic mass is 35.5. The minimum Gasteiger partial charge on any atom is -0.497 e. The smallest absolute Gasteiger partial charge is 0.120 e. The monoisotopic (exact) mass is 267 g/mol. The van der Waals surface area contributed by atoms with E-state index in [0.717, 1.165) is 17.1 Å². The van der Waals surface area contributed by atoms with E-state index in [1.54, 1.807) is 13.2 Å². The molecule has 0 aliphatic rings. The Bertz CT molecular complexity index is 529. The number of ether oxygens (including phenoxy) is 1. The second-order valence-electron chi connectivity index (χ2n) is 3.46. The first kappa shape index (κ1) is 12.1. The third kappa shape index (κ3) is 2.84. The fourth-order valence-corrected chi connectivity index (χ4v) is 1.80. The average molecular weight is 268 g/mol. The maximum Gasteiger partial charge on any atom is 0.120 e. The molecule has 0 saturated heterocycles. The van der Waals surface area contributed by atoms with Crippen LogP contribution in [0.1, 0.15) is 0 Å². The Morgan fingerprint density at radius 3 is 2.59 bits per heavy atom. The van der Waals surface area contributed by atoms with E-state index < -0.39 is 0 Å². The van der Waals surface area contributed by atoms with E-state index in [2.05, 4.69) is 5.32 Å². The molecule has 0 unspecified atom stereocenters. The Hall–Kier alpha value is -1.38. The highest BCUT2D eigenvalue weighted by molar-refractivity contribution is 6.43. The van der Waals surface area contributed by atoms with Crippen LogP contribution < -0.4 is 10.1 Å². The standard InChI is InChI=1S/C13H11Cl2NO/c1-17-10-5-2-4-9(8-10)16-12-7-3-6-11(14)13(12)15/h2-8,16H,1H3. The van der Waals surface area contributed by atoms with Gasteiger partial charge in [-0.1, -0.05) is 35.3 Å². The lowest BCUT2D eigenvalue weighted by Crippen LogP contribution is -1.92. The van der Waals surface area contributed by atoms with Crippen LogP contribution in [0.25, 0.3) is 0 Å². The summed E-state index contributed by atoms with van der Waals surface area (Å²) in [6.07, 6.45) is 0. The SMILES string of the molecule is COc1cccc(Nc2cccc(Cl)c2Cl)c1. The van der Waals surface area contributed by atoms with Gasteiger partial charge in [0.25, 0.3) is 0 Å². The van der Waals surface area contributed by atoms with Crippen molar-refractivity contribution in [3.8, 4) is 5.75 Å². The molecule has 2 aromatic rings. The van der Waals surface area contributed by atoms with Crippen molar-refractivity contribution in [3.05, 3.63) is 52.5 Å². The zero-order chi connectivity index (χ0) is 12.3. The van der Waals surface area contributed by atoms with Gasteiger partial charge in [0, 0.05) is 11.8 Å². The number of halogens is 2. The van der Waals surface area contributed by atoms with Crippen LogP contribution in [-0.4, -0.2) is 7.11 Å². The summed E-state index contributed by atoms with van der Waals surface area (Å²) in [6, 6.07) is 13.1. The predicted molar refractivity (Wildman–Crippen MR) is 72.7 cm³/mol. The van der Waals surface area contributed by atoms with Gasteiger partial charge in [0.1, 0.15) is 5.75 Å². The first-order valence-electron chi connectivity index (χ1n) is 5.06. The number of nitrogens with one attached hydrogen (secondary N) is 1. The molecule has 0 heterocycles. The van der Waals surface area contributed by atoms with Crippen LogP contribution in [0.5, 0.6) is 5.75 Å². The lowest BCUT2D eigenvalue weighted by Gasteiger charge is -2.10. The molecule has 0 aromatic heterocycles. The van der Waals surface area contributed by atoms with E-state index >= 15 is 0 Å². The van der Waals surface area contributed by atoms with E-state index in [-0.39, 0.29) is 0 Å². The Labute approximate surface area is 110 Å². The number of benzene rings is 2. The van der Waals surface area contributed by atoms with Gasteiger partial charge in [-0.3, -0.25) is 0 Å². The van der Waals surface area contributed by atoms with Crippen molar-refractivity contribution in [2.75, 3.05) is 12.4 Å². The summed E-state index contributed by atoms with van der Waals surface area (Å²) in [6.45, 7) is 0. The van der Waals surface area contributed by atoms with Gasteiger partial charge in [-0.25, -0.2) is 0 Å². The lowest BCUT2D eigenvalue weighted by molar-refractivity contribution is 0.415. The van der Waals surface area contributed by atoms with Gasteiger partial charge in [-0.2, -0.15) is 0 Å². The van der Waals surface area contributed by atoms with Crippen molar-refractivity contribution in [1.82, 2.24) is 0 Å². The molecular formula is C13H11Cl2NO. The third-order valence-electron chi connectivity index (χ3n) is 2.30. The van der Waals surface area contributed by atoms with Gasteiger partial charge in [-0.05, 0) is 24.3 Å². The molecule has 2 aromatic carbocycles. The molecule has 0 bridgehead atoms. The third-order valence-corrected chi connectivity index (χ3v) is 3.12. The van der Waals surface area contributed by atoms with Crippen molar-refractivity contribution in [2.45, 2.75) is 0 Å². The summed E-state index contributed by atoms with van der Waals surface area (Å²) in [5.41, 5.74) is 1.67. The van der Waals surface area contributed by atoms with Gasteiger partial charge in [-0.15, -0.1) is 0 Å². The maximum atomic E-state index is 6.09. The summed E-state index contributed by atoms with van der Waals surface area (Å²) >= 11 is 12.0. The topological polar surface area (TPSA) is 21.3 Å². The predicted octanol–water partition coefficient (Wildman–Crippen LogP) is 4.75. The lowest BCUT2D eigenvalue weighted by atomic mass is 10.2. The van der Waals surface area contributed by atoms with Gasteiger partial charge in [0.05, 0.1) is 22.8 Å². The molecular weight excluding hydrogens is 257 g/mol. The maximum absolute atomic E-state index is 6.09. The van der Waals surface area contributed by atoms with Crippen LogP contribution in [-0.2, 0) is 0 Å². The summed E-state index contributed by atoms with van der Waals surface area (Å²) in [5.74, 6) is 0.785. The zero-order valence-electron chi connectivity index (χ0n) is 9.21. The first-order chi connectivity index (χ1) is 8.20. The molecule has 0 saturated carbocycles. The Balaban J connectivity index is 2.28. The summed E-state index contributed by atoms with van der Waals surface area (Å²) in [7, 11) is 1.63. The molecule has 1 N–H and O–H groups in total. The number of anilines is 2. The van der Waals surface area contributed by atoms with E-state index in [0.29, 0.717) is 10.0 Å².